The van der Waals surface area contributed by atoms with E-state index in [2.05, 4.69) is 23.2 Å². The van der Waals surface area contributed by atoms with Gasteiger partial charge in [-0.2, -0.15) is 8.42 Å². The molecular formula is C52H70N2O12S2. The Labute approximate surface area is 403 Å². The van der Waals surface area contributed by atoms with Gasteiger partial charge in [-0.25, -0.2) is 18.0 Å². The van der Waals surface area contributed by atoms with Crippen LogP contribution in [-0.4, -0.2) is 120 Å². The highest BCUT2D eigenvalue weighted by atomic mass is 32.2. The van der Waals surface area contributed by atoms with Crippen molar-refractivity contribution in [3.05, 3.63) is 131 Å². The minimum absolute atomic E-state index is 0.0402. The second kappa shape index (κ2) is 23.9. The molecule has 0 radical (unpaired) electrons. The van der Waals surface area contributed by atoms with E-state index in [1.54, 1.807) is 24.3 Å². The molecule has 0 aromatic heterocycles. The molecule has 2 N–H and O–H groups in total. The number of likely N-dealkylation sites (N-methyl/N-ethyl adjacent to an activating group) is 2. The smallest absolute Gasteiger partial charge is 0.343 e. The first-order valence-corrected chi connectivity index (χ1v) is 26.3. The van der Waals surface area contributed by atoms with Crippen molar-refractivity contribution in [1.82, 2.24) is 4.90 Å². The number of hydrogen-bond donors (Lipinski definition) is 2. The van der Waals surface area contributed by atoms with Crippen LogP contribution in [0.25, 0.3) is 0 Å². The van der Waals surface area contributed by atoms with E-state index >= 15 is 0 Å². The van der Waals surface area contributed by atoms with Gasteiger partial charge in [0.05, 0.1) is 37.5 Å². The Morgan fingerprint density at radius 3 is 1.40 bits per heavy atom. The van der Waals surface area contributed by atoms with Gasteiger partial charge in [0.25, 0.3) is 10.1 Å². The Balaban J connectivity index is 0.000000178. The number of carbonyl (C=O) groups is 2. The van der Waals surface area contributed by atoms with Crippen LogP contribution in [0.3, 0.4) is 0 Å². The zero-order valence-electron chi connectivity index (χ0n) is 40.3. The summed E-state index contributed by atoms with van der Waals surface area (Å²) in [4.78, 5) is 27.9. The van der Waals surface area contributed by atoms with Crippen molar-refractivity contribution in [1.29, 1.82) is 0 Å². The van der Waals surface area contributed by atoms with Gasteiger partial charge in [0.1, 0.15) is 22.8 Å². The molecule has 4 aromatic rings. The molecule has 2 heterocycles. The number of carbonyl (C=O) groups excluding carboxylic acids is 2. The number of quaternary nitrogens is 1. The van der Waals surface area contributed by atoms with Crippen molar-refractivity contribution in [2.45, 2.75) is 111 Å². The number of aliphatic hydroxyl groups is 2. The molecule has 2 saturated carbocycles. The van der Waals surface area contributed by atoms with Crippen molar-refractivity contribution < 1.29 is 59.3 Å². The molecule has 4 aromatic carbocycles. The summed E-state index contributed by atoms with van der Waals surface area (Å²) in [5.41, 5.74) is 0.278. The van der Waals surface area contributed by atoms with Gasteiger partial charge < -0.3 is 33.6 Å². The lowest BCUT2D eigenvalue weighted by atomic mass is 9.80. The van der Waals surface area contributed by atoms with Crippen molar-refractivity contribution in [2.75, 3.05) is 54.4 Å². The first-order valence-electron chi connectivity index (χ1n) is 23.5. The number of likely N-dealkylation sites (tertiary alicyclic amines) is 2. The van der Waals surface area contributed by atoms with Crippen LogP contribution in [0.1, 0.15) is 86.5 Å². The number of ether oxygens (including phenoxy) is 2. The fraction of sp³-hybridized carbons (Fsp3) is 0.500. The molecule has 4 atom stereocenters. The van der Waals surface area contributed by atoms with Gasteiger partial charge in [-0.05, 0) is 88.4 Å². The van der Waals surface area contributed by atoms with Crippen LogP contribution in [0.2, 0.25) is 0 Å². The Morgan fingerprint density at radius 1 is 0.632 bits per heavy atom. The summed E-state index contributed by atoms with van der Waals surface area (Å²) < 4.78 is 70.0. The predicted octanol–water partition coefficient (Wildman–Crippen LogP) is 7.00. The Hall–Kier alpha value is -4.52. The van der Waals surface area contributed by atoms with Gasteiger partial charge in [0, 0.05) is 31.3 Å². The molecule has 0 amide bonds. The molecule has 2 aliphatic carbocycles. The largest absolute Gasteiger partial charge is 0.744 e. The molecular weight excluding hydrogens is 909 g/mol. The number of nitrogens with zero attached hydrogens (tertiary/aromatic N) is 2. The van der Waals surface area contributed by atoms with Gasteiger partial charge in [0.15, 0.2) is 17.3 Å². The topological polar surface area (TPSA) is 197 Å². The van der Waals surface area contributed by atoms with Crippen molar-refractivity contribution in [2.24, 2.45) is 11.8 Å². The van der Waals surface area contributed by atoms with E-state index in [0.717, 1.165) is 113 Å². The van der Waals surface area contributed by atoms with E-state index in [1.165, 1.54) is 24.3 Å². The highest BCUT2D eigenvalue weighted by Crippen LogP contribution is 2.43. The average Bonchev–Trinajstić information content (AvgIpc) is 4.18. The van der Waals surface area contributed by atoms with Crippen LogP contribution >= 0.6 is 0 Å². The monoisotopic (exact) mass is 978 g/mol. The summed E-state index contributed by atoms with van der Waals surface area (Å²) in [6, 6.07) is 30.9. The van der Waals surface area contributed by atoms with E-state index in [-0.39, 0.29) is 33.8 Å². The zero-order chi connectivity index (χ0) is 49.8. The molecule has 16 heteroatoms. The summed E-state index contributed by atoms with van der Waals surface area (Å²) in [6.07, 6.45) is 9.32. The highest BCUT2D eigenvalue weighted by molar-refractivity contribution is 7.86. The number of benzene rings is 4. The molecule has 4 fully saturated rings. The molecule has 0 spiro atoms. The summed E-state index contributed by atoms with van der Waals surface area (Å²) in [5, 5.41) is 22.7. The van der Waals surface area contributed by atoms with Crippen LogP contribution in [-0.2, 0) is 54.7 Å². The van der Waals surface area contributed by atoms with Crippen LogP contribution < -0.4 is 0 Å². The molecule has 8 rings (SSSR count). The lowest BCUT2D eigenvalue weighted by Crippen LogP contribution is -2.46. The molecule has 14 nitrogen and oxygen atoms in total. The summed E-state index contributed by atoms with van der Waals surface area (Å²) in [6.45, 7) is 7.23. The molecule has 4 aliphatic rings. The van der Waals surface area contributed by atoms with Crippen LogP contribution in [0.15, 0.2) is 119 Å². The molecule has 68 heavy (non-hydrogen) atoms. The van der Waals surface area contributed by atoms with E-state index in [1.807, 2.05) is 81.6 Å². The number of hydrogen-bond acceptors (Lipinski definition) is 13. The maximum atomic E-state index is 12.9. The molecule has 2 saturated heterocycles. The first kappa shape index (κ1) is 54.4. The SMILES string of the molecule is CN1CCC(OC(=O)C(O)(c2ccccc2)C2CCCC2)C1.COS(=O)(=O)c1ccc(C)cc1.C[N+]1(C)CCC(OC(=O)C(O)(c2ccccc2)C2CCCC2)C1.Cc1ccc(S(=O)(=O)[O-])cc1. The minimum atomic E-state index is -4.27. The maximum absolute atomic E-state index is 12.9. The second-order valence-corrected chi connectivity index (χ2v) is 22.3. The van der Waals surface area contributed by atoms with Gasteiger partial charge in [-0.3, -0.25) is 4.18 Å². The van der Waals surface area contributed by atoms with Crippen LogP contribution in [0, 0.1) is 25.7 Å². The summed E-state index contributed by atoms with van der Waals surface area (Å²) in [5.74, 6) is -1.00. The summed E-state index contributed by atoms with van der Waals surface area (Å²) >= 11 is 0. The number of aryl methyl sites for hydroxylation is 2. The normalized spacial score (nSPS) is 21.4. The molecule has 2 aliphatic heterocycles. The maximum Gasteiger partial charge on any atom is 0.343 e. The van der Waals surface area contributed by atoms with Gasteiger partial charge >= 0.3 is 11.9 Å². The van der Waals surface area contributed by atoms with Gasteiger partial charge in [-0.1, -0.05) is 122 Å². The van der Waals surface area contributed by atoms with Gasteiger partial charge in [-0.15, -0.1) is 0 Å². The van der Waals surface area contributed by atoms with Crippen LogP contribution in [0.5, 0.6) is 0 Å². The number of esters is 2. The Kier molecular flexibility index (Phi) is 19.1. The Bertz CT molecular complexity index is 2440. The molecule has 0 bridgehead atoms. The van der Waals surface area contributed by atoms with E-state index in [4.69, 9.17) is 9.47 Å². The van der Waals surface area contributed by atoms with Crippen molar-refractivity contribution in [3.63, 3.8) is 0 Å². The Morgan fingerprint density at radius 2 is 1.04 bits per heavy atom. The lowest BCUT2D eigenvalue weighted by Gasteiger charge is -2.33. The third kappa shape index (κ3) is 14.5. The standard InChI is InChI=1S/C19H28NO3.C18H25NO3.C8H10O3S.C7H8O3S/c1-20(2)13-12-17(14-20)23-18(21)19(22,16-10-6-7-11-16)15-8-4-3-5-9-15;1-19-12-11-16(13-19)22-17(20)18(21,15-9-5-6-10-15)14-7-3-2-4-8-14;1-7-3-5-8(6-4-7)12(9,10)11-2;1-6-2-4-7(5-3-6)11(8,9)10/h3-5,8-9,16-17,22H,6-7,10-14H2,1-2H3;2-4,7-8,15-16,21H,5-6,9-13H2,1H3;3-6H,1-2H3;2-5H,1H3,(H,8,9,10)/q+1;;;/p-1. The van der Waals surface area contributed by atoms with E-state index in [9.17, 15) is 41.2 Å². The quantitative estimate of drug-likeness (QED) is 0.0676. The second-order valence-electron chi connectivity index (χ2n) is 19.2. The first-order chi connectivity index (χ1) is 32.1. The fourth-order valence-electron chi connectivity index (χ4n) is 9.41. The lowest BCUT2D eigenvalue weighted by molar-refractivity contribution is -0.879. The van der Waals surface area contributed by atoms with E-state index < -0.39 is 43.4 Å². The average molecular weight is 979 g/mol. The predicted molar refractivity (Wildman–Crippen MR) is 257 cm³/mol. The van der Waals surface area contributed by atoms with Gasteiger partial charge in [0.2, 0.25) is 0 Å². The molecule has 4 unspecified atom stereocenters. The highest BCUT2D eigenvalue weighted by Gasteiger charge is 2.50. The van der Waals surface area contributed by atoms with Crippen molar-refractivity contribution >= 4 is 32.2 Å². The third-order valence-electron chi connectivity index (χ3n) is 13.4. The minimum Gasteiger partial charge on any atom is -0.744 e. The van der Waals surface area contributed by atoms with Crippen LogP contribution in [0.4, 0.5) is 0 Å². The van der Waals surface area contributed by atoms with Crippen molar-refractivity contribution in [3.8, 4) is 0 Å². The molecule has 372 valence electrons. The zero-order valence-corrected chi connectivity index (χ0v) is 41.9. The third-order valence-corrected chi connectivity index (χ3v) is 15.6. The van der Waals surface area contributed by atoms with E-state index in [0.29, 0.717) is 11.1 Å². The fourth-order valence-corrected chi connectivity index (χ4v) is 10.5. The number of rotatable bonds is 11. The summed E-state index contributed by atoms with van der Waals surface area (Å²) in [7, 11) is -0.320.